The van der Waals surface area contributed by atoms with E-state index in [1.165, 1.54) is 103 Å². The first kappa shape index (κ1) is 34.1. The number of hydrogen-bond donors (Lipinski definition) is 0. The fourth-order valence-electron chi connectivity index (χ4n) is 9.64. The van der Waals surface area contributed by atoms with E-state index >= 15 is 0 Å². The summed E-state index contributed by atoms with van der Waals surface area (Å²) in [5.41, 5.74) is 18.1. The van der Waals surface area contributed by atoms with Crippen LogP contribution in [0.4, 0.5) is 17.1 Å². The second kappa shape index (κ2) is 13.2. The number of thiophene rings is 1. The molecule has 0 N–H and O–H groups in total. The molecule has 0 fully saturated rings. The number of allylic oxidation sites excluding steroid dienone is 2. The summed E-state index contributed by atoms with van der Waals surface area (Å²) in [4.78, 5) is 4.04. The standard InChI is InChI=1S/C54H44N2S/c1-5-34(3)40-12-6-7-13-41(40)46-32-39(23-19-35(46)4)55(38-24-20-36(21-25-38)37-22-29-51-47(31-37)43-26-18-33(2)30-52(43)57-51)50-28-27-44-42-14-8-10-16-48(42)56-49-17-11-9-15-45(49)53(50)54(44)56/h6-25,27-29,31-32,34H,5,26,30H2,1-4H3. The molecule has 1 unspecified atom stereocenters. The fraction of sp³-hybridized carbons (Fsp3) is 0.148. The summed E-state index contributed by atoms with van der Waals surface area (Å²) in [5.74, 6) is 0.467. The van der Waals surface area contributed by atoms with Crippen molar-refractivity contribution >= 4 is 76.6 Å². The Hall–Kier alpha value is -6.16. The van der Waals surface area contributed by atoms with Crippen molar-refractivity contribution in [1.82, 2.24) is 4.40 Å². The van der Waals surface area contributed by atoms with Crippen LogP contribution in [0.25, 0.3) is 70.4 Å². The van der Waals surface area contributed by atoms with Gasteiger partial charge < -0.3 is 9.30 Å². The summed E-state index contributed by atoms with van der Waals surface area (Å²) in [6.07, 6.45) is 5.62. The maximum Gasteiger partial charge on any atom is 0.0641 e. The van der Waals surface area contributed by atoms with E-state index in [4.69, 9.17) is 0 Å². The summed E-state index contributed by atoms with van der Waals surface area (Å²) in [6, 6.07) is 54.9. The van der Waals surface area contributed by atoms with Crippen molar-refractivity contribution in [2.75, 3.05) is 4.90 Å². The average molecular weight is 753 g/mol. The van der Waals surface area contributed by atoms with Crippen LogP contribution in [0.15, 0.2) is 157 Å². The van der Waals surface area contributed by atoms with Crippen LogP contribution in [-0.2, 0) is 12.8 Å². The second-order valence-corrected chi connectivity index (χ2v) is 17.3. The van der Waals surface area contributed by atoms with E-state index in [1.807, 2.05) is 11.3 Å². The van der Waals surface area contributed by atoms with Gasteiger partial charge in [0.25, 0.3) is 0 Å². The maximum absolute atomic E-state index is 2.50. The van der Waals surface area contributed by atoms with Crippen molar-refractivity contribution in [2.24, 2.45) is 0 Å². The predicted octanol–water partition coefficient (Wildman–Crippen LogP) is 15.7. The van der Waals surface area contributed by atoms with Gasteiger partial charge in [-0.1, -0.05) is 116 Å². The number of benzene rings is 7. The third kappa shape index (κ3) is 5.29. The van der Waals surface area contributed by atoms with E-state index in [0.29, 0.717) is 5.92 Å². The van der Waals surface area contributed by atoms with Crippen molar-refractivity contribution in [2.45, 2.75) is 52.9 Å². The van der Waals surface area contributed by atoms with Crippen LogP contribution in [-0.4, -0.2) is 4.40 Å². The van der Waals surface area contributed by atoms with Crippen LogP contribution in [0.5, 0.6) is 0 Å². The molecule has 0 amide bonds. The molecule has 7 aromatic carbocycles. The summed E-state index contributed by atoms with van der Waals surface area (Å²) >= 11 is 1.97. The molecule has 1 atom stereocenters. The Morgan fingerprint density at radius 1 is 0.649 bits per heavy atom. The van der Waals surface area contributed by atoms with Crippen molar-refractivity contribution in [3.8, 4) is 22.3 Å². The molecule has 57 heavy (non-hydrogen) atoms. The summed E-state index contributed by atoms with van der Waals surface area (Å²) in [6.45, 7) is 9.15. The molecule has 10 aromatic rings. The monoisotopic (exact) mass is 752 g/mol. The molecule has 2 nitrogen and oxygen atoms in total. The molecule has 3 aromatic heterocycles. The van der Waals surface area contributed by atoms with E-state index in [2.05, 4.69) is 189 Å². The third-order valence-corrected chi connectivity index (χ3v) is 14.0. The lowest BCUT2D eigenvalue weighted by atomic mass is 9.88. The van der Waals surface area contributed by atoms with Crippen LogP contribution in [0.2, 0.25) is 0 Å². The molecule has 1 aliphatic rings. The molecule has 0 aliphatic heterocycles. The molecule has 1 aliphatic carbocycles. The third-order valence-electron chi connectivity index (χ3n) is 12.8. The number of fused-ring (bicyclic) bond motifs is 9. The van der Waals surface area contributed by atoms with Gasteiger partial charge in [-0.25, -0.2) is 0 Å². The molecular formula is C54H44N2S. The lowest BCUT2D eigenvalue weighted by Gasteiger charge is -2.28. The number of rotatable bonds is 7. The van der Waals surface area contributed by atoms with Crippen LogP contribution in [0.1, 0.15) is 54.7 Å². The number of para-hydroxylation sites is 2. The Morgan fingerprint density at radius 3 is 2.19 bits per heavy atom. The average Bonchev–Trinajstić information content (AvgIpc) is 3.91. The largest absolute Gasteiger partial charge is 0.310 e. The van der Waals surface area contributed by atoms with Crippen LogP contribution in [0, 0.1) is 6.92 Å². The molecule has 276 valence electrons. The highest BCUT2D eigenvalue weighted by Gasteiger charge is 2.25. The van der Waals surface area contributed by atoms with Gasteiger partial charge in [-0.2, -0.15) is 0 Å². The quantitative estimate of drug-likeness (QED) is 0.147. The van der Waals surface area contributed by atoms with Crippen molar-refractivity contribution in [3.63, 3.8) is 0 Å². The van der Waals surface area contributed by atoms with Gasteiger partial charge in [-0.15, -0.1) is 11.3 Å². The van der Waals surface area contributed by atoms with Crippen LogP contribution >= 0.6 is 11.3 Å². The number of aryl methyl sites for hydroxylation is 1. The first-order valence-electron chi connectivity index (χ1n) is 20.4. The lowest BCUT2D eigenvalue weighted by molar-refractivity contribution is 0.735. The summed E-state index contributed by atoms with van der Waals surface area (Å²) in [7, 11) is 0. The highest BCUT2D eigenvalue weighted by atomic mass is 32.1. The summed E-state index contributed by atoms with van der Waals surface area (Å²) in [5, 5.41) is 6.55. The zero-order valence-electron chi connectivity index (χ0n) is 32.9. The number of hydrogen-bond acceptors (Lipinski definition) is 2. The molecule has 0 saturated carbocycles. The Bertz CT molecular complexity index is 3210. The Morgan fingerprint density at radius 2 is 1.37 bits per heavy atom. The van der Waals surface area contributed by atoms with E-state index in [-0.39, 0.29) is 0 Å². The molecular weight excluding hydrogens is 709 g/mol. The Balaban J connectivity index is 1.12. The van der Waals surface area contributed by atoms with Gasteiger partial charge in [0.1, 0.15) is 0 Å². The molecule has 11 rings (SSSR count). The second-order valence-electron chi connectivity index (χ2n) is 16.1. The Labute approximate surface area is 338 Å². The highest BCUT2D eigenvalue weighted by molar-refractivity contribution is 7.19. The zero-order valence-corrected chi connectivity index (χ0v) is 33.8. The number of aromatic nitrogens is 1. The minimum Gasteiger partial charge on any atom is -0.310 e. The molecule has 3 heteroatoms. The zero-order chi connectivity index (χ0) is 38.4. The molecule has 0 bridgehead atoms. The first-order valence-corrected chi connectivity index (χ1v) is 21.2. The lowest BCUT2D eigenvalue weighted by Crippen LogP contribution is -2.11. The molecule has 0 radical (unpaired) electrons. The molecule has 3 heterocycles. The minimum absolute atomic E-state index is 0.467. The van der Waals surface area contributed by atoms with E-state index in [1.54, 1.807) is 0 Å². The first-order chi connectivity index (χ1) is 28.0. The molecule has 0 saturated heterocycles. The van der Waals surface area contributed by atoms with Crippen molar-refractivity contribution < 1.29 is 0 Å². The van der Waals surface area contributed by atoms with Gasteiger partial charge in [0.05, 0.1) is 22.2 Å². The summed E-state index contributed by atoms with van der Waals surface area (Å²) < 4.78 is 3.88. The van der Waals surface area contributed by atoms with Crippen molar-refractivity contribution in [1.29, 1.82) is 0 Å². The van der Waals surface area contributed by atoms with Crippen LogP contribution < -0.4 is 4.90 Å². The SMILES string of the molecule is CCC(C)c1ccccc1-c1cc(N(c2ccc(-c3ccc4sc5c(c4c3)CC=C(C)C5)cc2)c2ccc3c4ccccc4n4c5ccccc5c2c34)ccc1C. The van der Waals surface area contributed by atoms with Crippen LogP contribution in [0.3, 0.4) is 0 Å². The number of nitrogens with zero attached hydrogens (tertiary/aromatic N) is 2. The van der Waals surface area contributed by atoms with Gasteiger partial charge in [0.15, 0.2) is 0 Å². The van der Waals surface area contributed by atoms with Gasteiger partial charge in [-0.3, -0.25) is 0 Å². The fourth-order valence-corrected chi connectivity index (χ4v) is 10.9. The number of anilines is 3. The van der Waals surface area contributed by atoms with Gasteiger partial charge >= 0.3 is 0 Å². The molecule has 0 spiro atoms. The topological polar surface area (TPSA) is 7.65 Å². The van der Waals surface area contributed by atoms with Gasteiger partial charge in [0, 0.05) is 48.9 Å². The smallest absolute Gasteiger partial charge is 0.0641 e. The van der Waals surface area contributed by atoms with Gasteiger partial charge in [0.2, 0.25) is 0 Å². The normalized spacial score (nSPS) is 13.6. The predicted molar refractivity (Wildman–Crippen MR) is 247 cm³/mol. The van der Waals surface area contributed by atoms with Crippen molar-refractivity contribution in [3.05, 3.63) is 179 Å². The van der Waals surface area contributed by atoms with Gasteiger partial charge in [-0.05, 0) is 132 Å². The van der Waals surface area contributed by atoms with E-state index in [9.17, 15) is 0 Å². The maximum atomic E-state index is 2.50. The Kier molecular flexibility index (Phi) is 7.91. The van der Waals surface area contributed by atoms with E-state index < -0.39 is 0 Å². The highest BCUT2D eigenvalue weighted by Crippen LogP contribution is 2.48. The van der Waals surface area contributed by atoms with E-state index in [0.717, 1.165) is 30.6 Å². The minimum atomic E-state index is 0.467.